The lowest BCUT2D eigenvalue weighted by molar-refractivity contribution is -0.274. The number of alkyl halides is 3. The molecule has 0 fully saturated rings. The van der Waals surface area contributed by atoms with Crippen molar-refractivity contribution in [3.8, 4) is 5.75 Å². The van der Waals surface area contributed by atoms with Gasteiger partial charge in [-0.15, -0.1) is 13.2 Å². The highest BCUT2D eigenvalue weighted by Crippen LogP contribution is 2.39. The number of benzene rings is 2. The smallest absolute Gasteiger partial charge is 0.481 e. The van der Waals surface area contributed by atoms with Crippen LogP contribution in [0, 0.1) is 5.92 Å². The third kappa shape index (κ3) is 12.9. The van der Waals surface area contributed by atoms with E-state index in [2.05, 4.69) is 46.8 Å². The number of carbonyl (C=O) groups excluding carboxylic acids is 1. The zero-order valence-corrected chi connectivity index (χ0v) is 28.6. The molecule has 0 saturated heterocycles. The van der Waals surface area contributed by atoms with Crippen molar-refractivity contribution in [2.24, 2.45) is 5.92 Å². The van der Waals surface area contributed by atoms with Gasteiger partial charge >= 0.3 is 18.4 Å². The molecule has 0 unspecified atom stereocenters. The molecule has 0 aromatic heterocycles. The number of aliphatic carboxylic acids is 1. The molecule has 0 bridgehead atoms. The van der Waals surface area contributed by atoms with Crippen LogP contribution >= 0.6 is 15.9 Å². The Morgan fingerprint density at radius 3 is 2.07 bits per heavy atom. The van der Waals surface area contributed by atoms with Crippen molar-refractivity contribution in [2.75, 3.05) is 0 Å². The Morgan fingerprint density at radius 2 is 1.56 bits per heavy atom. The van der Waals surface area contributed by atoms with Crippen LogP contribution in [0.3, 0.4) is 0 Å². The molecule has 0 heterocycles. The summed E-state index contributed by atoms with van der Waals surface area (Å²) in [6.45, 7) is 15.5. The maximum atomic E-state index is 13.0. The summed E-state index contributed by atoms with van der Waals surface area (Å²) in [6.07, 6.45) is -6.05. The van der Waals surface area contributed by atoms with Crippen molar-refractivity contribution >= 4 is 36.3 Å². The molecule has 7 nitrogen and oxygen atoms in total. The van der Waals surface area contributed by atoms with E-state index in [9.17, 15) is 27.9 Å². The average molecular weight is 691 g/mol. The fourth-order valence-electron chi connectivity index (χ4n) is 4.16. The van der Waals surface area contributed by atoms with E-state index in [4.69, 9.17) is 9.16 Å². The monoisotopic (exact) mass is 689 g/mol. The molecule has 0 saturated carbocycles. The molecule has 2 N–H and O–H groups in total. The van der Waals surface area contributed by atoms with Crippen molar-refractivity contribution in [3.63, 3.8) is 0 Å². The van der Waals surface area contributed by atoms with Crippen LogP contribution in [0.5, 0.6) is 5.75 Å². The number of hydrogen-bond acceptors (Lipinski definition) is 5. The number of ether oxygens (including phenoxy) is 2. The predicted molar refractivity (Wildman–Crippen MR) is 166 cm³/mol. The first kappa shape index (κ1) is 36.6. The molecule has 0 aliphatic carbocycles. The number of halogens is 4. The van der Waals surface area contributed by atoms with Gasteiger partial charge in [-0.05, 0) is 93.6 Å². The highest BCUT2D eigenvalue weighted by molar-refractivity contribution is 9.10. The van der Waals surface area contributed by atoms with E-state index < -0.39 is 56.2 Å². The van der Waals surface area contributed by atoms with Crippen LogP contribution in [0.4, 0.5) is 18.0 Å². The molecule has 0 aliphatic heterocycles. The summed E-state index contributed by atoms with van der Waals surface area (Å²) >= 11 is 3.43. The largest absolute Gasteiger partial charge is 0.573 e. The first-order valence-electron chi connectivity index (χ1n) is 14.0. The van der Waals surface area contributed by atoms with Crippen molar-refractivity contribution in [3.05, 3.63) is 64.1 Å². The summed E-state index contributed by atoms with van der Waals surface area (Å²) in [6, 6.07) is 12.2. The highest BCUT2D eigenvalue weighted by atomic mass is 79.9. The van der Waals surface area contributed by atoms with E-state index in [-0.39, 0.29) is 17.9 Å². The fourth-order valence-corrected chi connectivity index (χ4v) is 5.80. The first-order valence-corrected chi connectivity index (χ1v) is 17.7. The molecule has 12 heteroatoms. The van der Waals surface area contributed by atoms with Crippen LogP contribution in [-0.2, 0) is 26.8 Å². The SMILES string of the molecule is CC(C)(C)OC(=O)N[C@@H](Cc1ccc(Br)cc1)[C@H](C[C@@H](Cc1cccc(OC(F)(F)F)c1)C(=O)O)O[Si](C)(C)C(C)(C)C. The van der Waals surface area contributed by atoms with Gasteiger partial charge in [0.05, 0.1) is 18.1 Å². The van der Waals surface area contributed by atoms with Gasteiger partial charge in [-0.3, -0.25) is 4.79 Å². The van der Waals surface area contributed by atoms with Gasteiger partial charge in [0.2, 0.25) is 0 Å². The maximum absolute atomic E-state index is 13.0. The van der Waals surface area contributed by atoms with Gasteiger partial charge in [-0.25, -0.2) is 4.79 Å². The van der Waals surface area contributed by atoms with E-state index >= 15 is 0 Å². The minimum Gasteiger partial charge on any atom is -0.481 e. The van der Waals surface area contributed by atoms with Crippen LogP contribution in [0.1, 0.15) is 59.1 Å². The molecular weight excluding hydrogens is 647 g/mol. The molecule has 1 amide bonds. The molecule has 2 aromatic carbocycles. The molecule has 0 radical (unpaired) electrons. The standard InChI is InChI=1S/C31H43BrF3NO6Si/c1-29(2,3)41-28(39)36-25(18-20-12-14-23(32)15-13-20)26(42-43(7,8)30(4,5)6)19-22(27(37)38)16-21-10-9-11-24(17-21)40-31(33,34)35/h9-15,17,22,25-26H,16,18-19H2,1-8H3,(H,36,39)(H,37,38)/t22-,25+,26+/m1/s1. The van der Waals surface area contributed by atoms with E-state index in [1.54, 1.807) is 26.8 Å². The number of amides is 1. The second-order valence-electron chi connectivity index (χ2n) is 13.2. The topological polar surface area (TPSA) is 94.1 Å². The lowest BCUT2D eigenvalue weighted by Gasteiger charge is -2.42. The maximum Gasteiger partial charge on any atom is 0.573 e. The van der Waals surface area contributed by atoms with E-state index in [0.29, 0.717) is 12.0 Å². The molecule has 0 aliphatic rings. The Morgan fingerprint density at radius 1 is 0.953 bits per heavy atom. The van der Waals surface area contributed by atoms with Crippen molar-refractivity contribution in [2.45, 2.75) is 103 Å². The van der Waals surface area contributed by atoms with Gasteiger partial charge in [-0.2, -0.15) is 0 Å². The molecule has 2 rings (SSSR count). The lowest BCUT2D eigenvalue weighted by Crippen LogP contribution is -2.54. The Kier molecular flexibility index (Phi) is 12.3. The number of carboxylic acid groups (broad SMARTS) is 1. The third-order valence-electron chi connectivity index (χ3n) is 7.25. The summed E-state index contributed by atoms with van der Waals surface area (Å²) in [5.41, 5.74) is 0.483. The van der Waals surface area contributed by atoms with Crippen LogP contribution in [-0.4, -0.2) is 49.6 Å². The van der Waals surface area contributed by atoms with Gasteiger partial charge < -0.3 is 24.3 Å². The average Bonchev–Trinajstić information content (AvgIpc) is 2.81. The van der Waals surface area contributed by atoms with Gasteiger partial charge in [0.1, 0.15) is 11.4 Å². The predicted octanol–water partition coefficient (Wildman–Crippen LogP) is 8.51. The summed E-state index contributed by atoms with van der Waals surface area (Å²) in [4.78, 5) is 25.6. The van der Waals surface area contributed by atoms with Crippen LogP contribution in [0.25, 0.3) is 0 Å². The Bertz CT molecular complexity index is 1230. The van der Waals surface area contributed by atoms with Crippen molar-refractivity contribution < 1.29 is 41.8 Å². The molecule has 0 spiro atoms. The van der Waals surface area contributed by atoms with Gasteiger partial charge in [-0.1, -0.05) is 61.0 Å². The third-order valence-corrected chi connectivity index (χ3v) is 12.3. The zero-order chi connectivity index (χ0) is 32.8. The molecule has 43 heavy (non-hydrogen) atoms. The summed E-state index contributed by atoms with van der Waals surface area (Å²) < 4.78 is 55.7. The highest BCUT2D eigenvalue weighted by Gasteiger charge is 2.42. The second-order valence-corrected chi connectivity index (χ2v) is 18.8. The number of nitrogens with one attached hydrogen (secondary N) is 1. The normalized spacial score (nSPS) is 14.9. The van der Waals surface area contributed by atoms with Gasteiger partial charge in [0.15, 0.2) is 8.32 Å². The molecular formula is C31H43BrF3NO6Si. The zero-order valence-electron chi connectivity index (χ0n) is 26.0. The van der Waals surface area contributed by atoms with Crippen LogP contribution < -0.4 is 10.1 Å². The molecule has 3 atom stereocenters. The number of rotatable bonds is 12. The first-order chi connectivity index (χ1) is 19.5. The quantitative estimate of drug-likeness (QED) is 0.217. The van der Waals surface area contributed by atoms with Gasteiger partial charge in [0.25, 0.3) is 0 Å². The van der Waals surface area contributed by atoms with E-state index in [1.165, 1.54) is 12.1 Å². The fraction of sp³-hybridized carbons (Fsp3) is 0.548. The molecule has 240 valence electrons. The summed E-state index contributed by atoms with van der Waals surface area (Å²) in [5.74, 6) is -2.60. The number of carboxylic acids is 1. The number of carbonyl (C=O) groups is 2. The van der Waals surface area contributed by atoms with Crippen LogP contribution in [0.2, 0.25) is 18.1 Å². The molecule has 2 aromatic rings. The minimum absolute atomic E-state index is 0.0107. The van der Waals surface area contributed by atoms with Crippen LogP contribution in [0.15, 0.2) is 53.0 Å². The number of alkyl carbamates (subject to hydrolysis) is 1. The lowest BCUT2D eigenvalue weighted by atomic mass is 9.89. The van der Waals surface area contributed by atoms with Gasteiger partial charge in [0, 0.05) is 4.47 Å². The second kappa shape index (κ2) is 14.5. The Balaban J connectivity index is 2.51. The Labute approximate surface area is 261 Å². The van der Waals surface area contributed by atoms with Crippen molar-refractivity contribution in [1.29, 1.82) is 0 Å². The summed E-state index contributed by atoms with van der Waals surface area (Å²) in [5, 5.41) is 13.0. The number of hydrogen-bond donors (Lipinski definition) is 2. The minimum atomic E-state index is -4.87. The van der Waals surface area contributed by atoms with E-state index in [1.807, 2.05) is 37.4 Å². The van der Waals surface area contributed by atoms with E-state index in [0.717, 1.165) is 16.1 Å². The summed E-state index contributed by atoms with van der Waals surface area (Å²) in [7, 11) is -2.52. The Hall–Kier alpha value is -2.57. The van der Waals surface area contributed by atoms with Crippen molar-refractivity contribution in [1.82, 2.24) is 5.32 Å².